The summed E-state index contributed by atoms with van der Waals surface area (Å²) >= 11 is 6.30. The summed E-state index contributed by atoms with van der Waals surface area (Å²) in [7, 11) is 3.39. The van der Waals surface area contributed by atoms with E-state index in [2.05, 4.69) is 6.92 Å². The molecule has 0 aromatic heterocycles. The van der Waals surface area contributed by atoms with Crippen molar-refractivity contribution in [2.75, 3.05) is 20.8 Å². The molecule has 2 N–H and O–H groups in total. The average molecular weight is 444 g/mol. The highest BCUT2D eigenvalue weighted by molar-refractivity contribution is 6.31. The Bertz CT molecular complexity index is 1050. The molecule has 3 atom stereocenters. The summed E-state index contributed by atoms with van der Waals surface area (Å²) in [6, 6.07) is 11.6. The van der Waals surface area contributed by atoms with Crippen molar-refractivity contribution in [2.45, 2.75) is 43.6 Å². The van der Waals surface area contributed by atoms with Crippen molar-refractivity contribution < 1.29 is 19.0 Å². The fraction of sp³-hybridized carbons (Fsp3) is 0.435. The summed E-state index contributed by atoms with van der Waals surface area (Å²) < 4.78 is 17.9. The molecule has 31 heavy (non-hydrogen) atoms. The molecule has 1 fully saturated rings. The van der Waals surface area contributed by atoms with E-state index in [0.717, 1.165) is 35.3 Å². The van der Waals surface area contributed by atoms with Crippen LogP contribution >= 0.6 is 11.6 Å². The first-order valence-corrected chi connectivity index (χ1v) is 10.8. The number of benzene rings is 2. The SMILES string of the molecule is COc1cc(Cl)cc(-c2ccc3c(c2)C2(CC4(CCC(C)OC4)O3)N=C(N)N(C)O2)c1. The highest BCUT2D eigenvalue weighted by atomic mass is 35.5. The summed E-state index contributed by atoms with van der Waals surface area (Å²) in [5.41, 5.74) is 7.39. The van der Waals surface area contributed by atoms with Gasteiger partial charge in [-0.05, 0) is 61.2 Å². The maximum Gasteiger partial charge on any atom is 0.222 e. The molecule has 1 saturated heterocycles. The molecule has 0 amide bonds. The van der Waals surface area contributed by atoms with Crippen LogP contribution < -0.4 is 15.2 Å². The minimum absolute atomic E-state index is 0.215. The summed E-state index contributed by atoms with van der Waals surface area (Å²) in [5.74, 6) is 1.76. The average Bonchev–Trinajstić information content (AvgIpc) is 3.03. The van der Waals surface area contributed by atoms with Gasteiger partial charge in [-0.1, -0.05) is 17.7 Å². The minimum Gasteiger partial charge on any atom is -0.497 e. The predicted molar refractivity (Wildman–Crippen MR) is 118 cm³/mol. The Morgan fingerprint density at radius 3 is 2.74 bits per heavy atom. The van der Waals surface area contributed by atoms with E-state index in [4.69, 9.17) is 41.4 Å². The molecule has 2 spiro atoms. The maximum absolute atomic E-state index is 6.54. The third kappa shape index (κ3) is 3.50. The van der Waals surface area contributed by atoms with Crippen molar-refractivity contribution in [3.8, 4) is 22.6 Å². The van der Waals surface area contributed by atoms with Crippen LogP contribution in [-0.2, 0) is 15.3 Å². The van der Waals surface area contributed by atoms with E-state index in [1.807, 2.05) is 30.3 Å². The van der Waals surface area contributed by atoms with E-state index in [1.165, 1.54) is 5.06 Å². The summed E-state index contributed by atoms with van der Waals surface area (Å²) in [6.45, 7) is 2.58. The summed E-state index contributed by atoms with van der Waals surface area (Å²) in [6.07, 6.45) is 2.52. The minimum atomic E-state index is -0.963. The largest absolute Gasteiger partial charge is 0.497 e. The van der Waals surface area contributed by atoms with Crippen LogP contribution in [0.15, 0.2) is 41.4 Å². The van der Waals surface area contributed by atoms with E-state index < -0.39 is 11.3 Å². The first-order chi connectivity index (χ1) is 14.8. The van der Waals surface area contributed by atoms with Gasteiger partial charge in [0.1, 0.15) is 17.1 Å². The highest BCUT2D eigenvalue weighted by Gasteiger charge is 2.55. The number of fused-ring (bicyclic) bond motifs is 2. The summed E-state index contributed by atoms with van der Waals surface area (Å²) in [5, 5.41) is 2.12. The van der Waals surface area contributed by atoms with Gasteiger partial charge < -0.3 is 19.9 Å². The molecule has 3 aliphatic rings. The normalized spacial score (nSPS) is 29.6. The number of methoxy groups -OCH3 is 1. The fourth-order valence-corrected chi connectivity index (χ4v) is 4.84. The monoisotopic (exact) mass is 443 g/mol. The number of nitrogens with two attached hydrogens (primary N) is 1. The fourth-order valence-electron chi connectivity index (χ4n) is 4.62. The quantitative estimate of drug-likeness (QED) is 0.753. The van der Waals surface area contributed by atoms with E-state index in [1.54, 1.807) is 20.2 Å². The molecule has 164 valence electrons. The van der Waals surface area contributed by atoms with Gasteiger partial charge in [0.05, 0.1) is 25.4 Å². The Kier molecular flexibility index (Phi) is 4.80. The van der Waals surface area contributed by atoms with Crippen LogP contribution in [0.5, 0.6) is 11.5 Å². The smallest absolute Gasteiger partial charge is 0.222 e. The number of guanidine groups is 1. The van der Waals surface area contributed by atoms with Crippen molar-refractivity contribution in [1.82, 2.24) is 5.06 Å². The standard InChI is InChI=1S/C23H26ClN3O4/c1-14-6-7-22(13-29-14)12-23(26-21(25)27(2)31-23)19-10-15(4-5-20(19)30-22)16-8-17(24)11-18(9-16)28-3/h4-5,8-11,14H,6-7,12-13H2,1-3H3,(H2,25,26). The highest BCUT2D eigenvalue weighted by Crippen LogP contribution is 2.52. The van der Waals surface area contributed by atoms with Crippen LogP contribution in [0.3, 0.4) is 0 Å². The number of rotatable bonds is 2. The lowest BCUT2D eigenvalue weighted by Gasteiger charge is -2.47. The second-order valence-electron chi connectivity index (χ2n) is 8.56. The molecule has 0 bridgehead atoms. The number of hydrogen-bond donors (Lipinski definition) is 1. The number of ether oxygens (including phenoxy) is 3. The van der Waals surface area contributed by atoms with Gasteiger partial charge in [0, 0.05) is 18.5 Å². The zero-order valence-corrected chi connectivity index (χ0v) is 18.6. The first kappa shape index (κ1) is 20.4. The molecule has 3 unspecified atom stereocenters. The van der Waals surface area contributed by atoms with Crippen molar-refractivity contribution in [3.63, 3.8) is 0 Å². The second-order valence-corrected chi connectivity index (χ2v) is 8.99. The van der Waals surface area contributed by atoms with Crippen molar-refractivity contribution in [3.05, 3.63) is 47.0 Å². The van der Waals surface area contributed by atoms with E-state index in [0.29, 0.717) is 29.8 Å². The van der Waals surface area contributed by atoms with Gasteiger partial charge in [-0.25, -0.2) is 14.9 Å². The zero-order chi connectivity index (χ0) is 21.8. The lowest BCUT2D eigenvalue weighted by molar-refractivity contribution is -0.220. The molecular formula is C23H26ClN3O4. The van der Waals surface area contributed by atoms with Gasteiger partial charge >= 0.3 is 0 Å². The molecule has 3 aliphatic heterocycles. The van der Waals surface area contributed by atoms with Gasteiger partial charge in [0.25, 0.3) is 0 Å². The third-order valence-corrected chi connectivity index (χ3v) is 6.49. The Hall–Kier alpha value is -2.48. The lowest BCUT2D eigenvalue weighted by Crippen LogP contribution is -2.54. The molecule has 0 saturated carbocycles. The van der Waals surface area contributed by atoms with Crippen molar-refractivity contribution >= 4 is 17.6 Å². The molecule has 2 aromatic rings. The van der Waals surface area contributed by atoms with E-state index >= 15 is 0 Å². The molecule has 2 aromatic carbocycles. The topological polar surface area (TPSA) is 78.5 Å². The van der Waals surface area contributed by atoms with Gasteiger partial charge in [0.2, 0.25) is 11.7 Å². The van der Waals surface area contributed by atoms with Gasteiger partial charge in [-0.3, -0.25) is 0 Å². The molecule has 0 aliphatic carbocycles. The van der Waals surface area contributed by atoms with E-state index in [9.17, 15) is 0 Å². The molecule has 8 heteroatoms. The van der Waals surface area contributed by atoms with Crippen LogP contribution in [0, 0.1) is 0 Å². The van der Waals surface area contributed by atoms with Crippen molar-refractivity contribution in [2.24, 2.45) is 10.7 Å². The number of hydroxylamine groups is 2. The van der Waals surface area contributed by atoms with Crippen LogP contribution in [-0.4, -0.2) is 43.5 Å². The Morgan fingerprint density at radius 1 is 1.23 bits per heavy atom. The Labute approximate surface area is 186 Å². The lowest BCUT2D eigenvalue weighted by atomic mass is 9.80. The van der Waals surface area contributed by atoms with Crippen LogP contribution in [0.1, 0.15) is 31.7 Å². The number of aliphatic imine (C=N–C) groups is 1. The molecule has 5 rings (SSSR count). The van der Waals surface area contributed by atoms with Gasteiger partial charge in [-0.15, -0.1) is 0 Å². The predicted octanol–water partition coefficient (Wildman–Crippen LogP) is 4.08. The summed E-state index contributed by atoms with van der Waals surface area (Å²) in [4.78, 5) is 11.0. The Morgan fingerprint density at radius 2 is 2.06 bits per heavy atom. The van der Waals surface area contributed by atoms with Crippen LogP contribution in [0.2, 0.25) is 5.02 Å². The number of hydrogen-bond acceptors (Lipinski definition) is 7. The van der Waals surface area contributed by atoms with Gasteiger partial charge in [0.15, 0.2) is 0 Å². The van der Waals surface area contributed by atoms with E-state index in [-0.39, 0.29) is 6.10 Å². The molecule has 3 heterocycles. The van der Waals surface area contributed by atoms with Crippen LogP contribution in [0.4, 0.5) is 0 Å². The molecular weight excluding hydrogens is 418 g/mol. The number of nitrogens with zero attached hydrogens (tertiary/aromatic N) is 2. The van der Waals surface area contributed by atoms with Gasteiger partial charge in [-0.2, -0.15) is 0 Å². The maximum atomic E-state index is 6.54. The Balaban J connectivity index is 1.62. The van der Waals surface area contributed by atoms with Crippen molar-refractivity contribution in [1.29, 1.82) is 0 Å². The number of halogens is 1. The van der Waals surface area contributed by atoms with Crippen LogP contribution in [0.25, 0.3) is 11.1 Å². The second kappa shape index (κ2) is 7.29. The molecule has 0 radical (unpaired) electrons. The first-order valence-electron chi connectivity index (χ1n) is 10.4. The molecule has 7 nitrogen and oxygen atoms in total. The third-order valence-electron chi connectivity index (χ3n) is 6.27. The zero-order valence-electron chi connectivity index (χ0n) is 17.9.